The van der Waals surface area contributed by atoms with Crippen molar-refractivity contribution in [1.29, 1.82) is 0 Å². The molecule has 2 fully saturated rings. The van der Waals surface area contributed by atoms with E-state index in [-0.39, 0.29) is 18.1 Å². The van der Waals surface area contributed by atoms with E-state index >= 15 is 0 Å². The van der Waals surface area contributed by atoms with Crippen LogP contribution in [0.2, 0.25) is 5.02 Å². The fourth-order valence-corrected chi connectivity index (χ4v) is 3.94. The summed E-state index contributed by atoms with van der Waals surface area (Å²) < 4.78 is 11.6. The SMILES string of the molecule is CN(C)C(=O)COCCC1CCOC12CN(Cc1ccccc1Cl)C2. The van der Waals surface area contributed by atoms with Gasteiger partial charge in [0.1, 0.15) is 6.61 Å². The molecule has 0 aromatic heterocycles. The molecule has 138 valence electrons. The molecule has 2 aliphatic rings. The van der Waals surface area contributed by atoms with E-state index < -0.39 is 0 Å². The standard InChI is InChI=1S/C19H27ClN2O3/c1-21(2)18(23)12-24-9-7-16-8-10-25-19(16)13-22(14-19)11-15-5-3-4-6-17(15)20/h3-6,16H,7-14H2,1-2H3. The Hall–Kier alpha value is -1.14. The largest absolute Gasteiger partial charge is 0.372 e. The van der Waals surface area contributed by atoms with Crippen molar-refractivity contribution >= 4 is 17.5 Å². The molecule has 6 heteroatoms. The van der Waals surface area contributed by atoms with E-state index in [1.165, 1.54) is 5.56 Å². The zero-order valence-corrected chi connectivity index (χ0v) is 15.8. The summed E-state index contributed by atoms with van der Waals surface area (Å²) in [6.45, 7) is 4.34. The lowest BCUT2D eigenvalue weighted by molar-refractivity contribution is -0.141. The molecule has 25 heavy (non-hydrogen) atoms. The van der Waals surface area contributed by atoms with Gasteiger partial charge in [-0.2, -0.15) is 0 Å². The Morgan fingerprint density at radius 2 is 2.16 bits per heavy atom. The number of benzene rings is 1. The van der Waals surface area contributed by atoms with Crippen LogP contribution < -0.4 is 0 Å². The van der Waals surface area contributed by atoms with Crippen molar-refractivity contribution in [3.8, 4) is 0 Å². The van der Waals surface area contributed by atoms with Crippen LogP contribution in [0.15, 0.2) is 24.3 Å². The van der Waals surface area contributed by atoms with Crippen LogP contribution in [0.5, 0.6) is 0 Å². The first-order valence-electron chi connectivity index (χ1n) is 8.88. The molecule has 0 N–H and O–H groups in total. The Morgan fingerprint density at radius 1 is 1.40 bits per heavy atom. The van der Waals surface area contributed by atoms with Crippen LogP contribution in [0.4, 0.5) is 0 Å². The molecule has 3 rings (SSSR count). The topological polar surface area (TPSA) is 42.0 Å². The third kappa shape index (κ3) is 4.34. The van der Waals surface area contributed by atoms with Crippen molar-refractivity contribution in [3.63, 3.8) is 0 Å². The summed E-state index contributed by atoms with van der Waals surface area (Å²) in [6.07, 6.45) is 2.02. The monoisotopic (exact) mass is 366 g/mol. The Bertz CT molecular complexity index is 602. The molecular formula is C19H27ClN2O3. The van der Waals surface area contributed by atoms with E-state index in [2.05, 4.69) is 11.0 Å². The minimum Gasteiger partial charge on any atom is -0.372 e. The summed E-state index contributed by atoms with van der Waals surface area (Å²) in [6, 6.07) is 8.00. The maximum atomic E-state index is 11.5. The van der Waals surface area contributed by atoms with Gasteiger partial charge >= 0.3 is 0 Å². The minimum atomic E-state index is -0.0316. The number of halogens is 1. The van der Waals surface area contributed by atoms with Crippen LogP contribution in [0.1, 0.15) is 18.4 Å². The van der Waals surface area contributed by atoms with Crippen molar-refractivity contribution in [2.45, 2.75) is 25.0 Å². The highest BCUT2D eigenvalue weighted by molar-refractivity contribution is 6.31. The average Bonchev–Trinajstić information content (AvgIpc) is 2.96. The lowest BCUT2D eigenvalue weighted by atomic mass is 9.79. The van der Waals surface area contributed by atoms with Crippen molar-refractivity contribution < 1.29 is 14.3 Å². The molecule has 1 amide bonds. The predicted octanol–water partition coefficient (Wildman–Crippen LogP) is 2.43. The summed E-state index contributed by atoms with van der Waals surface area (Å²) in [5.74, 6) is 0.511. The van der Waals surface area contributed by atoms with Gasteiger partial charge in [0.25, 0.3) is 0 Å². The third-order valence-electron chi connectivity index (χ3n) is 5.27. The summed E-state index contributed by atoms with van der Waals surface area (Å²) >= 11 is 6.26. The van der Waals surface area contributed by atoms with Crippen LogP contribution in [0.25, 0.3) is 0 Å². The Balaban J connectivity index is 1.43. The minimum absolute atomic E-state index is 0.00643. The van der Waals surface area contributed by atoms with Gasteiger partial charge in [-0.1, -0.05) is 29.8 Å². The maximum absolute atomic E-state index is 11.5. The summed E-state index contributed by atoms with van der Waals surface area (Å²) in [4.78, 5) is 15.5. The molecule has 1 aromatic carbocycles. The number of ether oxygens (including phenoxy) is 2. The number of carbonyl (C=O) groups is 1. The number of hydrogen-bond donors (Lipinski definition) is 0. The molecule has 1 spiro atoms. The first-order valence-corrected chi connectivity index (χ1v) is 9.25. The average molecular weight is 367 g/mol. The highest BCUT2D eigenvalue weighted by Crippen LogP contribution is 2.42. The van der Waals surface area contributed by atoms with E-state index in [4.69, 9.17) is 21.1 Å². The molecule has 2 heterocycles. The summed E-state index contributed by atoms with van der Waals surface area (Å²) in [5, 5.41) is 0.825. The van der Waals surface area contributed by atoms with Crippen molar-refractivity contribution in [2.75, 3.05) is 47.0 Å². The van der Waals surface area contributed by atoms with Crippen molar-refractivity contribution in [2.24, 2.45) is 5.92 Å². The van der Waals surface area contributed by atoms with E-state index in [1.807, 2.05) is 18.2 Å². The summed E-state index contributed by atoms with van der Waals surface area (Å²) in [7, 11) is 3.49. The summed E-state index contributed by atoms with van der Waals surface area (Å²) in [5.41, 5.74) is 1.13. The zero-order chi connectivity index (χ0) is 17.9. The number of likely N-dealkylation sites (N-methyl/N-ethyl adjacent to an activating group) is 1. The smallest absolute Gasteiger partial charge is 0.248 e. The molecule has 0 radical (unpaired) electrons. The van der Waals surface area contributed by atoms with Crippen molar-refractivity contribution in [3.05, 3.63) is 34.9 Å². The fourth-order valence-electron chi connectivity index (χ4n) is 3.75. The quantitative estimate of drug-likeness (QED) is 0.695. The van der Waals surface area contributed by atoms with Crippen LogP contribution in [0, 0.1) is 5.92 Å². The lowest BCUT2D eigenvalue weighted by Gasteiger charge is -2.50. The van der Waals surface area contributed by atoms with Gasteiger partial charge < -0.3 is 14.4 Å². The number of rotatable bonds is 7. The highest BCUT2D eigenvalue weighted by atomic mass is 35.5. The van der Waals surface area contributed by atoms with Crippen LogP contribution >= 0.6 is 11.6 Å². The van der Waals surface area contributed by atoms with Gasteiger partial charge in [-0.25, -0.2) is 0 Å². The van der Waals surface area contributed by atoms with Gasteiger partial charge in [0, 0.05) is 52.0 Å². The zero-order valence-electron chi connectivity index (χ0n) is 15.0. The van der Waals surface area contributed by atoms with Gasteiger partial charge in [0.05, 0.1) is 5.60 Å². The van der Waals surface area contributed by atoms with Gasteiger partial charge in [-0.05, 0) is 30.4 Å². The number of likely N-dealkylation sites (tertiary alicyclic amines) is 1. The van der Waals surface area contributed by atoms with Gasteiger partial charge in [0.2, 0.25) is 5.91 Å². The molecule has 0 bridgehead atoms. The molecule has 1 atom stereocenters. The van der Waals surface area contributed by atoms with Gasteiger partial charge in [0.15, 0.2) is 0 Å². The Labute approximate surface area is 154 Å². The Kier molecular flexibility index (Phi) is 6.00. The van der Waals surface area contributed by atoms with E-state index in [1.54, 1.807) is 19.0 Å². The number of amides is 1. The van der Waals surface area contributed by atoms with E-state index in [9.17, 15) is 4.79 Å². The predicted molar refractivity (Wildman–Crippen MR) is 97.6 cm³/mol. The molecule has 2 saturated heterocycles. The second-order valence-corrected chi connectivity index (χ2v) is 7.67. The van der Waals surface area contributed by atoms with Crippen molar-refractivity contribution in [1.82, 2.24) is 9.80 Å². The molecule has 1 aromatic rings. The second-order valence-electron chi connectivity index (χ2n) is 7.26. The number of carbonyl (C=O) groups excluding carboxylic acids is 1. The molecule has 2 aliphatic heterocycles. The highest BCUT2D eigenvalue weighted by Gasteiger charge is 2.52. The fraction of sp³-hybridized carbons (Fsp3) is 0.632. The van der Waals surface area contributed by atoms with Gasteiger partial charge in [-0.3, -0.25) is 9.69 Å². The first kappa shape index (κ1) is 18.6. The lowest BCUT2D eigenvalue weighted by Crippen LogP contribution is -2.64. The molecule has 1 unspecified atom stereocenters. The molecule has 0 saturated carbocycles. The van der Waals surface area contributed by atoms with Crippen LogP contribution in [-0.4, -0.2) is 68.3 Å². The normalized spacial score (nSPS) is 22.1. The second kappa shape index (κ2) is 8.04. The van der Waals surface area contributed by atoms with Crippen LogP contribution in [0.3, 0.4) is 0 Å². The van der Waals surface area contributed by atoms with E-state index in [0.29, 0.717) is 12.5 Å². The third-order valence-corrected chi connectivity index (χ3v) is 5.64. The van der Waals surface area contributed by atoms with E-state index in [0.717, 1.165) is 44.1 Å². The van der Waals surface area contributed by atoms with Crippen LogP contribution in [-0.2, 0) is 20.8 Å². The Morgan fingerprint density at radius 3 is 2.88 bits per heavy atom. The number of nitrogens with zero attached hydrogens (tertiary/aromatic N) is 2. The van der Waals surface area contributed by atoms with Gasteiger partial charge in [-0.15, -0.1) is 0 Å². The molecule has 5 nitrogen and oxygen atoms in total. The molecular weight excluding hydrogens is 340 g/mol. The number of hydrogen-bond acceptors (Lipinski definition) is 4. The maximum Gasteiger partial charge on any atom is 0.248 e. The molecule has 0 aliphatic carbocycles. The first-order chi connectivity index (χ1) is 12.0.